The Hall–Kier alpha value is -0.340. The number of halogens is 1. The van der Waals surface area contributed by atoms with Crippen LogP contribution >= 0.6 is 15.9 Å². The summed E-state index contributed by atoms with van der Waals surface area (Å²) in [5.74, 6) is 0.478. The summed E-state index contributed by atoms with van der Waals surface area (Å²) < 4.78 is 1.10. The Morgan fingerprint density at radius 3 is 2.20 bits per heavy atom. The lowest BCUT2D eigenvalue weighted by Crippen LogP contribution is -2.30. The lowest BCUT2D eigenvalue weighted by atomic mass is 9.75. The number of rotatable bonds is 4. The van der Waals surface area contributed by atoms with Gasteiger partial charge in [0.1, 0.15) is 0 Å². The molecule has 1 aromatic rings. The molecule has 1 nitrogen and oxygen atoms in total. The van der Waals surface area contributed by atoms with Gasteiger partial charge in [0.25, 0.3) is 0 Å². The van der Waals surface area contributed by atoms with Crippen LogP contribution in [0.2, 0.25) is 0 Å². The van der Waals surface area contributed by atoms with Crippen LogP contribution < -0.4 is 0 Å². The Kier molecular flexibility index (Phi) is 4.35. The molecule has 1 aromatic carbocycles. The highest BCUT2D eigenvalue weighted by molar-refractivity contribution is 9.10. The van der Waals surface area contributed by atoms with Crippen LogP contribution in [0.25, 0.3) is 0 Å². The van der Waals surface area contributed by atoms with Crippen LogP contribution in [-0.4, -0.2) is 11.7 Å². The van der Waals surface area contributed by atoms with Crippen LogP contribution in [0.15, 0.2) is 28.7 Å². The summed E-state index contributed by atoms with van der Waals surface area (Å²) in [4.78, 5) is 0. The largest absolute Gasteiger partial charge is 0.396 e. The molecule has 0 aromatic heterocycles. The van der Waals surface area contributed by atoms with Gasteiger partial charge in [-0.25, -0.2) is 0 Å². The second-order valence-corrected chi connectivity index (χ2v) is 5.69. The molecule has 0 saturated carbocycles. The first-order valence-electron chi connectivity index (χ1n) is 5.33. The predicted octanol–water partition coefficient (Wildman–Crippen LogP) is 3.65. The summed E-state index contributed by atoms with van der Waals surface area (Å²) >= 11 is 3.42. The fourth-order valence-electron chi connectivity index (χ4n) is 1.51. The van der Waals surface area contributed by atoms with Crippen molar-refractivity contribution < 1.29 is 5.11 Å². The maximum absolute atomic E-state index is 9.46. The first kappa shape index (κ1) is 12.7. The summed E-state index contributed by atoms with van der Waals surface area (Å²) in [6.45, 7) is 6.70. The Labute approximate surface area is 101 Å². The van der Waals surface area contributed by atoms with E-state index in [4.69, 9.17) is 0 Å². The molecule has 0 amide bonds. The molecule has 84 valence electrons. The van der Waals surface area contributed by atoms with E-state index in [1.807, 2.05) is 12.1 Å². The normalized spacial score (nSPS) is 15.3. The van der Waals surface area contributed by atoms with Crippen LogP contribution in [0.5, 0.6) is 0 Å². The molecule has 0 saturated heterocycles. The fraction of sp³-hybridized carbons (Fsp3) is 0.538. The molecule has 1 atom stereocenters. The topological polar surface area (TPSA) is 20.2 Å². The number of hydrogen-bond acceptors (Lipinski definition) is 1. The lowest BCUT2D eigenvalue weighted by Gasteiger charge is -2.31. The van der Waals surface area contributed by atoms with Crippen molar-refractivity contribution in [2.24, 2.45) is 11.3 Å². The smallest absolute Gasteiger partial charge is 0.0490 e. The highest BCUT2D eigenvalue weighted by Gasteiger charge is 2.27. The van der Waals surface area contributed by atoms with E-state index in [1.165, 1.54) is 5.56 Å². The van der Waals surface area contributed by atoms with Crippen molar-refractivity contribution in [2.75, 3.05) is 6.61 Å². The molecule has 0 bridgehead atoms. The van der Waals surface area contributed by atoms with Crippen molar-refractivity contribution in [2.45, 2.75) is 27.2 Å². The van der Waals surface area contributed by atoms with E-state index in [-0.39, 0.29) is 12.0 Å². The van der Waals surface area contributed by atoms with Crippen LogP contribution in [-0.2, 0) is 6.42 Å². The zero-order valence-electron chi connectivity index (χ0n) is 9.63. The molecule has 0 radical (unpaired) electrons. The lowest BCUT2D eigenvalue weighted by molar-refractivity contribution is 0.0947. The molecular weight excluding hydrogens is 252 g/mol. The second kappa shape index (κ2) is 5.13. The van der Waals surface area contributed by atoms with Crippen LogP contribution in [0.4, 0.5) is 0 Å². The highest BCUT2D eigenvalue weighted by atomic mass is 79.9. The maximum atomic E-state index is 9.46. The van der Waals surface area contributed by atoms with Gasteiger partial charge in [0, 0.05) is 11.1 Å². The van der Waals surface area contributed by atoms with E-state index >= 15 is 0 Å². The van der Waals surface area contributed by atoms with E-state index in [1.54, 1.807) is 0 Å². The van der Waals surface area contributed by atoms with E-state index in [0.29, 0.717) is 5.92 Å². The Morgan fingerprint density at radius 1 is 1.27 bits per heavy atom. The molecule has 0 heterocycles. The molecule has 0 spiro atoms. The number of hydrogen-bond donors (Lipinski definition) is 1. The Balaban J connectivity index is 2.79. The van der Waals surface area contributed by atoms with Gasteiger partial charge in [-0.1, -0.05) is 48.8 Å². The van der Waals surface area contributed by atoms with Crippen molar-refractivity contribution in [1.29, 1.82) is 0 Å². The minimum absolute atomic E-state index is 0.0200. The third-order valence-corrected chi connectivity index (χ3v) is 3.80. The van der Waals surface area contributed by atoms with E-state index in [2.05, 4.69) is 48.8 Å². The molecule has 1 N–H and O–H groups in total. The summed E-state index contributed by atoms with van der Waals surface area (Å²) in [5.41, 5.74) is 1.26. The van der Waals surface area contributed by atoms with Gasteiger partial charge in [0.2, 0.25) is 0 Å². The minimum atomic E-state index is -0.0200. The van der Waals surface area contributed by atoms with E-state index in [9.17, 15) is 5.11 Å². The van der Waals surface area contributed by atoms with Gasteiger partial charge in [-0.3, -0.25) is 0 Å². The monoisotopic (exact) mass is 270 g/mol. The van der Waals surface area contributed by atoms with Crippen molar-refractivity contribution in [3.05, 3.63) is 34.3 Å². The average molecular weight is 271 g/mol. The predicted molar refractivity (Wildman–Crippen MR) is 67.9 cm³/mol. The standard InChI is InChI=1S/C13H19BrO/c1-10(2)13(3,9-15)8-11-4-6-12(14)7-5-11/h4-7,10,15H,8-9H2,1-3H3. The molecule has 0 aliphatic carbocycles. The molecule has 1 unspecified atom stereocenters. The summed E-state index contributed by atoms with van der Waals surface area (Å²) in [5, 5.41) is 9.46. The van der Waals surface area contributed by atoms with Crippen LogP contribution in [0, 0.1) is 11.3 Å². The molecule has 0 aliphatic heterocycles. The Bertz CT molecular complexity index is 305. The summed E-state index contributed by atoms with van der Waals surface area (Å²) in [6, 6.07) is 8.32. The molecule has 1 rings (SSSR count). The van der Waals surface area contributed by atoms with E-state index < -0.39 is 0 Å². The third kappa shape index (κ3) is 3.32. The van der Waals surface area contributed by atoms with Gasteiger partial charge >= 0.3 is 0 Å². The van der Waals surface area contributed by atoms with Gasteiger partial charge in [0.15, 0.2) is 0 Å². The van der Waals surface area contributed by atoms with Gasteiger partial charge in [-0.05, 0) is 35.4 Å². The molecule has 0 aliphatic rings. The zero-order valence-corrected chi connectivity index (χ0v) is 11.2. The SMILES string of the molecule is CC(C)C(C)(CO)Cc1ccc(Br)cc1. The van der Waals surface area contributed by atoms with E-state index in [0.717, 1.165) is 10.9 Å². The zero-order chi connectivity index (χ0) is 11.5. The van der Waals surface area contributed by atoms with Crippen molar-refractivity contribution in [1.82, 2.24) is 0 Å². The summed E-state index contributed by atoms with van der Waals surface area (Å²) in [7, 11) is 0. The maximum Gasteiger partial charge on any atom is 0.0490 e. The first-order valence-corrected chi connectivity index (χ1v) is 6.12. The van der Waals surface area contributed by atoms with Gasteiger partial charge in [-0.15, -0.1) is 0 Å². The second-order valence-electron chi connectivity index (χ2n) is 4.77. The fourth-order valence-corrected chi connectivity index (χ4v) is 1.78. The van der Waals surface area contributed by atoms with Crippen LogP contribution in [0.3, 0.4) is 0 Å². The molecule has 2 heteroatoms. The van der Waals surface area contributed by atoms with Crippen molar-refractivity contribution >= 4 is 15.9 Å². The van der Waals surface area contributed by atoms with Gasteiger partial charge in [-0.2, -0.15) is 0 Å². The van der Waals surface area contributed by atoms with Gasteiger partial charge < -0.3 is 5.11 Å². The first-order chi connectivity index (χ1) is 6.98. The number of aliphatic hydroxyl groups excluding tert-OH is 1. The molecular formula is C13H19BrO. The minimum Gasteiger partial charge on any atom is -0.396 e. The quantitative estimate of drug-likeness (QED) is 0.886. The number of aliphatic hydroxyl groups is 1. The van der Waals surface area contributed by atoms with Crippen LogP contribution in [0.1, 0.15) is 26.3 Å². The van der Waals surface area contributed by atoms with Crippen molar-refractivity contribution in [3.8, 4) is 0 Å². The Morgan fingerprint density at radius 2 is 1.80 bits per heavy atom. The number of benzene rings is 1. The average Bonchev–Trinajstić information content (AvgIpc) is 2.21. The molecule has 15 heavy (non-hydrogen) atoms. The molecule has 0 fully saturated rings. The third-order valence-electron chi connectivity index (χ3n) is 3.28. The van der Waals surface area contributed by atoms with Crippen molar-refractivity contribution in [3.63, 3.8) is 0 Å². The summed E-state index contributed by atoms with van der Waals surface area (Å²) in [6.07, 6.45) is 0.925. The van der Waals surface area contributed by atoms with Gasteiger partial charge in [0.05, 0.1) is 0 Å². The highest BCUT2D eigenvalue weighted by Crippen LogP contribution is 2.30.